The summed E-state index contributed by atoms with van der Waals surface area (Å²) in [4.78, 5) is 35.5. The van der Waals surface area contributed by atoms with Gasteiger partial charge in [0.2, 0.25) is 11.8 Å². The average molecular weight is 344 g/mol. The van der Waals surface area contributed by atoms with Gasteiger partial charge in [-0.3, -0.25) is 14.5 Å². The lowest BCUT2D eigenvalue weighted by Gasteiger charge is -2.12. The van der Waals surface area contributed by atoms with Crippen LogP contribution in [0.4, 0.5) is 4.79 Å². The molecule has 1 aromatic carbocycles. The Morgan fingerprint density at radius 3 is 2.77 bits per heavy atom. The molecule has 0 atom stereocenters. The topological polar surface area (TPSA) is 78.5 Å². The van der Waals surface area contributed by atoms with Gasteiger partial charge in [-0.15, -0.1) is 0 Å². The zero-order chi connectivity index (χ0) is 16.1. The molecule has 0 aliphatic carbocycles. The molecule has 1 fully saturated rings. The van der Waals surface area contributed by atoms with Crippen LogP contribution in [-0.4, -0.2) is 42.4 Å². The Hall–Kier alpha value is -1.79. The van der Waals surface area contributed by atoms with Crippen molar-refractivity contribution >= 4 is 41.0 Å². The van der Waals surface area contributed by atoms with Crippen LogP contribution in [0, 0.1) is 0 Å². The van der Waals surface area contributed by atoms with Gasteiger partial charge in [0.1, 0.15) is 0 Å². The number of urea groups is 1. The second kappa shape index (κ2) is 7.47. The number of benzene rings is 1. The molecule has 0 aromatic heterocycles. The van der Waals surface area contributed by atoms with Gasteiger partial charge < -0.3 is 10.6 Å². The molecule has 22 heavy (non-hydrogen) atoms. The third kappa shape index (κ3) is 4.11. The van der Waals surface area contributed by atoms with Crippen molar-refractivity contribution in [3.8, 4) is 0 Å². The van der Waals surface area contributed by atoms with Crippen molar-refractivity contribution in [1.29, 1.82) is 0 Å². The normalized spacial score (nSPS) is 14.2. The molecule has 1 aliphatic rings. The molecule has 4 amide bonds. The van der Waals surface area contributed by atoms with Crippen LogP contribution in [0.3, 0.4) is 0 Å². The molecule has 1 saturated heterocycles. The lowest BCUT2D eigenvalue weighted by molar-refractivity contribution is -0.126. The van der Waals surface area contributed by atoms with Gasteiger partial charge in [-0.2, -0.15) is 0 Å². The van der Waals surface area contributed by atoms with E-state index in [4.69, 9.17) is 23.2 Å². The summed E-state index contributed by atoms with van der Waals surface area (Å²) in [7, 11) is 0. The zero-order valence-electron chi connectivity index (χ0n) is 11.7. The standard InChI is InChI=1S/C14H15Cl2N3O3/c15-10-3-1-2-9(13(10)16)4-5-11(20)17-6-7-19-12(21)8-18-14(19)22/h1-3H,4-8H2,(H,17,20)(H,18,22). The summed E-state index contributed by atoms with van der Waals surface area (Å²) >= 11 is 12.0. The molecule has 0 radical (unpaired) electrons. The summed E-state index contributed by atoms with van der Waals surface area (Å²) in [6.07, 6.45) is 0.717. The molecule has 8 heteroatoms. The molecular weight excluding hydrogens is 329 g/mol. The van der Waals surface area contributed by atoms with E-state index in [0.29, 0.717) is 16.5 Å². The summed E-state index contributed by atoms with van der Waals surface area (Å²) in [5.74, 6) is -0.465. The number of hydrogen-bond acceptors (Lipinski definition) is 3. The van der Waals surface area contributed by atoms with Gasteiger partial charge in [0.05, 0.1) is 16.6 Å². The highest BCUT2D eigenvalue weighted by atomic mass is 35.5. The van der Waals surface area contributed by atoms with Crippen molar-refractivity contribution < 1.29 is 14.4 Å². The van der Waals surface area contributed by atoms with Gasteiger partial charge >= 0.3 is 6.03 Å². The molecule has 1 aliphatic heterocycles. The first-order valence-electron chi connectivity index (χ1n) is 6.77. The molecular formula is C14H15Cl2N3O3. The predicted molar refractivity (Wildman–Crippen MR) is 82.9 cm³/mol. The summed E-state index contributed by atoms with van der Waals surface area (Å²) in [6, 6.07) is 4.85. The minimum atomic E-state index is -0.426. The third-order valence-electron chi connectivity index (χ3n) is 3.25. The average Bonchev–Trinajstić information content (AvgIpc) is 2.80. The van der Waals surface area contributed by atoms with Crippen LogP contribution in [0.2, 0.25) is 10.0 Å². The highest BCUT2D eigenvalue weighted by Crippen LogP contribution is 2.26. The fourth-order valence-electron chi connectivity index (χ4n) is 2.07. The van der Waals surface area contributed by atoms with E-state index in [-0.39, 0.29) is 37.9 Å². The van der Waals surface area contributed by atoms with Crippen molar-refractivity contribution in [3.63, 3.8) is 0 Å². The summed E-state index contributed by atoms with van der Waals surface area (Å²) in [5, 5.41) is 5.99. The second-order valence-corrected chi connectivity index (χ2v) is 5.55. The first-order valence-corrected chi connectivity index (χ1v) is 7.52. The van der Waals surface area contributed by atoms with E-state index in [0.717, 1.165) is 10.5 Å². The van der Waals surface area contributed by atoms with Crippen molar-refractivity contribution in [2.45, 2.75) is 12.8 Å². The Morgan fingerprint density at radius 1 is 1.32 bits per heavy atom. The van der Waals surface area contributed by atoms with Crippen LogP contribution in [0.15, 0.2) is 18.2 Å². The van der Waals surface area contributed by atoms with Gasteiger partial charge in [0.15, 0.2) is 0 Å². The lowest BCUT2D eigenvalue weighted by atomic mass is 10.1. The Kier molecular flexibility index (Phi) is 5.63. The van der Waals surface area contributed by atoms with E-state index in [2.05, 4.69) is 10.6 Å². The Morgan fingerprint density at radius 2 is 2.09 bits per heavy atom. The molecule has 0 bridgehead atoms. The third-order valence-corrected chi connectivity index (χ3v) is 4.11. The lowest BCUT2D eigenvalue weighted by Crippen LogP contribution is -2.38. The number of carbonyl (C=O) groups is 3. The van der Waals surface area contributed by atoms with Crippen LogP contribution in [0.1, 0.15) is 12.0 Å². The number of amides is 4. The first-order chi connectivity index (χ1) is 10.5. The maximum absolute atomic E-state index is 11.8. The van der Waals surface area contributed by atoms with Gasteiger partial charge in [-0.1, -0.05) is 35.3 Å². The maximum Gasteiger partial charge on any atom is 0.324 e. The maximum atomic E-state index is 11.8. The molecule has 2 N–H and O–H groups in total. The smallest absolute Gasteiger partial charge is 0.324 e. The quantitative estimate of drug-likeness (QED) is 0.770. The summed E-state index contributed by atoms with van der Waals surface area (Å²) in [6.45, 7) is 0.398. The van der Waals surface area contributed by atoms with E-state index < -0.39 is 6.03 Å². The molecule has 118 valence electrons. The van der Waals surface area contributed by atoms with E-state index in [1.54, 1.807) is 12.1 Å². The minimum absolute atomic E-state index is 0.0139. The van der Waals surface area contributed by atoms with Gasteiger partial charge in [-0.05, 0) is 18.1 Å². The van der Waals surface area contributed by atoms with E-state index >= 15 is 0 Å². The van der Waals surface area contributed by atoms with Crippen molar-refractivity contribution in [1.82, 2.24) is 15.5 Å². The van der Waals surface area contributed by atoms with Crippen LogP contribution in [-0.2, 0) is 16.0 Å². The highest BCUT2D eigenvalue weighted by Gasteiger charge is 2.27. The molecule has 2 rings (SSSR count). The van der Waals surface area contributed by atoms with Crippen LogP contribution < -0.4 is 10.6 Å². The largest absolute Gasteiger partial charge is 0.354 e. The van der Waals surface area contributed by atoms with Crippen molar-refractivity contribution in [3.05, 3.63) is 33.8 Å². The van der Waals surface area contributed by atoms with Gasteiger partial charge in [0.25, 0.3) is 0 Å². The SMILES string of the molecule is O=C(CCc1cccc(Cl)c1Cl)NCCN1C(=O)CNC1=O. The minimum Gasteiger partial charge on any atom is -0.354 e. The Balaban J connectivity index is 1.73. The van der Waals surface area contributed by atoms with Gasteiger partial charge in [-0.25, -0.2) is 4.79 Å². The van der Waals surface area contributed by atoms with Crippen LogP contribution in [0.25, 0.3) is 0 Å². The van der Waals surface area contributed by atoms with Crippen molar-refractivity contribution in [2.24, 2.45) is 0 Å². The molecule has 0 spiro atoms. The van der Waals surface area contributed by atoms with Gasteiger partial charge in [0, 0.05) is 19.5 Å². The number of carbonyl (C=O) groups excluding carboxylic acids is 3. The monoisotopic (exact) mass is 343 g/mol. The number of halogens is 2. The second-order valence-electron chi connectivity index (χ2n) is 4.77. The number of rotatable bonds is 6. The zero-order valence-corrected chi connectivity index (χ0v) is 13.2. The first kappa shape index (κ1) is 16.6. The van der Waals surface area contributed by atoms with E-state index in [1.165, 1.54) is 0 Å². The number of nitrogens with zero attached hydrogens (tertiary/aromatic N) is 1. The number of imide groups is 1. The predicted octanol–water partition coefficient (Wildman–Crippen LogP) is 1.59. The van der Waals surface area contributed by atoms with E-state index in [9.17, 15) is 14.4 Å². The Labute approximate surface area is 137 Å². The fraction of sp³-hybridized carbons (Fsp3) is 0.357. The van der Waals surface area contributed by atoms with Crippen molar-refractivity contribution in [2.75, 3.05) is 19.6 Å². The van der Waals surface area contributed by atoms with E-state index in [1.807, 2.05) is 6.07 Å². The fourth-order valence-corrected chi connectivity index (χ4v) is 2.48. The summed E-state index contributed by atoms with van der Waals surface area (Å²) < 4.78 is 0. The Bertz CT molecular complexity index is 591. The van der Waals surface area contributed by atoms with Crippen LogP contribution in [0.5, 0.6) is 0 Å². The van der Waals surface area contributed by atoms with Crippen LogP contribution >= 0.6 is 23.2 Å². The molecule has 1 heterocycles. The summed E-state index contributed by atoms with van der Waals surface area (Å²) in [5.41, 5.74) is 0.804. The molecule has 6 nitrogen and oxygen atoms in total. The highest BCUT2D eigenvalue weighted by molar-refractivity contribution is 6.42. The number of aryl methyl sites for hydroxylation is 1. The molecule has 0 saturated carbocycles. The molecule has 0 unspecified atom stereocenters. The number of nitrogens with one attached hydrogen (secondary N) is 2. The molecule has 1 aromatic rings. The number of hydrogen-bond donors (Lipinski definition) is 2.